The van der Waals surface area contributed by atoms with Gasteiger partial charge in [0.1, 0.15) is 16.4 Å². The van der Waals surface area contributed by atoms with Gasteiger partial charge in [-0.25, -0.2) is 14.2 Å². The standard InChI is InChI=1S/C21H26FN3O3S/c1-13(26)23-17-11-15(22)5-6-16(17)19-24-18(12-29-19)14-7-9-25(10-8-14)20(27)28-21(2,3)4/h5-6,11-12,14H,7-10H2,1-4H3,(H,23,26). The molecule has 0 aliphatic carbocycles. The molecule has 1 aliphatic heterocycles. The first-order valence-corrected chi connectivity index (χ1v) is 10.5. The molecule has 1 saturated heterocycles. The van der Waals surface area contributed by atoms with E-state index in [0.29, 0.717) is 24.3 Å². The molecule has 6 nitrogen and oxygen atoms in total. The molecule has 1 N–H and O–H groups in total. The predicted molar refractivity (Wildman–Crippen MR) is 112 cm³/mol. The summed E-state index contributed by atoms with van der Waals surface area (Å²) in [4.78, 5) is 30.1. The topological polar surface area (TPSA) is 71.5 Å². The van der Waals surface area contributed by atoms with E-state index in [2.05, 4.69) is 5.32 Å². The van der Waals surface area contributed by atoms with Crippen molar-refractivity contribution in [3.63, 3.8) is 0 Å². The van der Waals surface area contributed by atoms with Gasteiger partial charge in [-0.3, -0.25) is 4.79 Å². The van der Waals surface area contributed by atoms with Crippen molar-refractivity contribution < 1.29 is 18.7 Å². The van der Waals surface area contributed by atoms with Gasteiger partial charge in [0.25, 0.3) is 0 Å². The minimum absolute atomic E-state index is 0.253. The summed E-state index contributed by atoms with van der Waals surface area (Å²) in [5.74, 6) is -0.421. The number of benzene rings is 1. The smallest absolute Gasteiger partial charge is 0.410 e. The fraction of sp³-hybridized carbons (Fsp3) is 0.476. The maximum atomic E-state index is 13.6. The second kappa shape index (κ2) is 8.49. The molecule has 3 rings (SSSR count). The fourth-order valence-electron chi connectivity index (χ4n) is 3.28. The maximum Gasteiger partial charge on any atom is 0.410 e. The third kappa shape index (κ3) is 5.53. The third-order valence-electron chi connectivity index (χ3n) is 4.61. The number of carbonyl (C=O) groups excluding carboxylic acids is 2. The number of piperidine rings is 1. The average molecular weight is 420 g/mol. The van der Waals surface area contributed by atoms with Crippen LogP contribution in [0.25, 0.3) is 10.6 Å². The van der Waals surface area contributed by atoms with E-state index in [4.69, 9.17) is 9.72 Å². The zero-order valence-corrected chi connectivity index (χ0v) is 17.9. The Hall–Kier alpha value is -2.48. The Balaban J connectivity index is 1.69. The Morgan fingerprint density at radius 3 is 2.59 bits per heavy atom. The summed E-state index contributed by atoms with van der Waals surface area (Å²) in [5, 5.41) is 5.41. The van der Waals surface area contributed by atoms with Crippen molar-refractivity contribution in [2.75, 3.05) is 18.4 Å². The summed E-state index contributed by atoms with van der Waals surface area (Å²) in [5.41, 5.74) is 1.58. The second-order valence-electron chi connectivity index (χ2n) is 8.19. The quantitative estimate of drug-likeness (QED) is 0.758. The van der Waals surface area contributed by atoms with Gasteiger partial charge in [-0.1, -0.05) is 0 Å². The van der Waals surface area contributed by atoms with E-state index in [-0.39, 0.29) is 17.9 Å². The molecule has 1 fully saturated rings. The largest absolute Gasteiger partial charge is 0.444 e. The first-order chi connectivity index (χ1) is 13.6. The number of halogens is 1. The molecule has 2 amide bonds. The monoisotopic (exact) mass is 419 g/mol. The second-order valence-corrected chi connectivity index (χ2v) is 9.05. The van der Waals surface area contributed by atoms with Crippen molar-refractivity contribution in [1.29, 1.82) is 0 Å². The molecule has 0 unspecified atom stereocenters. The van der Waals surface area contributed by atoms with E-state index in [1.165, 1.54) is 30.4 Å². The van der Waals surface area contributed by atoms with Crippen molar-refractivity contribution in [3.8, 4) is 10.6 Å². The lowest BCUT2D eigenvalue weighted by molar-refractivity contribution is -0.114. The van der Waals surface area contributed by atoms with Gasteiger partial charge in [0.15, 0.2) is 0 Å². The summed E-state index contributed by atoms with van der Waals surface area (Å²) in [6, 6.07) is 4.30. The third-order valence-corrected chi connectivity index (χ3v) is 5.50. The molecule has 0 saturated carbocycles. The average Bonchev–Trinajstić information content (AvgIpc) is 3.10. The van der Waals surface area contributed by atoms with Crippen molar-refractivity contribution >= 4 is 29.0 Å². The summed E-state index contributed by atoms with van der Waals surface area (Å²) in [7, 11) is 0. The van der Waals surface area contributed by atoms with Crippen LogP contribution in [0.3, 0.4) is 0 Å². The molecule has 8 heteroatoms. The lowest BCUT2D eigenvalue weighted by atomic mass is 9.94. The molecule has 0 atom stereocenters. The van der Waals surface area contributed by atoms with Gasteiger partial charge in [0.05, 0.1) is 11.4 Å². The van der Waals surface area contributed by atoms with Gasteiger partial charge in [-0.15, -0.1) is 11.3 Å². The van der Waals surface area contributed by atoms with Gasteiger partial charge in [-0.2, -0.15) is 0 Å². The van der Waals surface area contributed by atoms with Crippen molar-refractivity contribution in [2.45, 2.75) is 52.1 Å². The van der Waals surface area contributed by atoms with Crippen LogP contribution >= 0.6 is 11.3 Å². The van der Waals surface area contributed by atoms with Crippen LogP contribution in [-0.4, -0.2) is 40.6 Å². The van der Waals surface area contributed by atoms with Crippen LogP contribution in [0.4, 0.5) is 14.9 Å². The maximum absolute atomic E-state index is 13.6. The van der Waals surface area contributed by atoms with Crippen LogP contribution in [0.2, 0.25) is 0 Å². The lowest BCUT2D eigenvalue weighted by Gasteiger charge is -2.32. The van der Waals surface area contributed by atoms with Crippen LogP contribution in [-0.2, 0) is 9.53 Å². The highest BCUT2D eigenvalue weighted by Crippen LogP contribution is 2.35. The van der Waals surface area contributed by atoms with E-state index in [0.717, 1.165) is 23.5 Å². The molecule has 1 aliphatic rings. The number of rotatable bonds is 3. The Morgan fingerprint density at radius 2 is 1.97 bits per heavy atom. The highest BCUT2D eigenvalue weighted by atomic mass is 32.1. The minimum Gasteiger partial charge on any atom is -0.444 e. The summed E-state index contributed by atoms with van der Waals surface area (Å²) >= 11 is 1.47. The van der Waals surface area contributed by atoms with Gasteiger partial charge in [-0.05, 0) is 51.8 Å². The van der Waals surface area contributed by atoms with Crippen LogP contribution in [0.1, 0.15) is 52.1 Å². The lowest BCUT2D eigenvalue weighted by Crippen LogP contribution is -2.41. The van der Waals surface area contributed by atoms with E-state index in [1.54, 1.807) is 11.0 Å². The number of nitrogens with zero attached hydrogens (tertiary/aromatic N) is 2. The normalized spacial score (nSPS) is 15.3. The number of nitrogens with one attached hydrogen (secondary N) is 1. The molecule has 2 aromatic rings. The molecule has 1 aromatic heterocycles. The molecule has 29 heavy (non-hydrogen) atoms. The molecule has 1 aromatic carbocycles. The molecule has 2 heterocycles. The first kappa shape index (κ1) is 21.2. The van der Waals surface area contributed by atoms with Crippen molar-refractivity contribution in [2.24, 2.45) is 0 Å². The number of hydrogen-bond acceptors (Lipinski definition) is 5. The molecular weight excluding hydrogens is 393 g/mol. The molecule has 156 valence electrons. The highest BCUT2D eigenvalue weighted by Gasteiger charge is 2.28. The van der Waals surface area contributed by atoms with Crippen LogP contribution in [0.5, 0.6) is 0 Å². The molecule has 0 bridgehead atoms. The number of anilines is 1. The number of thiazole rings is 1. The minimum atomic E-state index is -0.501. The highest BCUT2D eigenvalue weighted by molar-refractivity contribution is 7.13. The first-order valence-electron chi connectivity index (χ1n) is 9.63. The van der Waals surface area contributed by atoms with Crippen molar-refractivity contribution in [3.05, 3.63) is 35.1 Å². The van der Waals surface area contributed by atoms with Crippen LogP contribution in [0.15, 0.2) is 23.6 Å². The zero-order valence-electron chi connectivity index (χ0n) is 17.1. The van der Waals surface area contributed by atoms with Gasteiger partial charge < -0.3 is 15.0 Å². The molecular formula is C21H26FN3O3S. The fourth-order valence-corrected chi connectivity index (χ4v) is 4.22. The number of carbonyl (C=O) groups is 2. The van der Waals surface area contributed by atoms with Gasteiger partial charge in [0, 0.05) is 36.9 Å². The van der Waals surface area contributed by atoms with E-state index >= 15 is 0 Å². The number of aromatic nitrogens is 1. The van der Waals surface area contributed by atoms with Crippen LogP contribution in [0, 0.1) is 5.82 Å². The van der Waals surface area contributed by atoms with Gasteiger partial charge in [0.2, 0.25) is 5.91 Å². The SMILES string of the molecule is CC(=O)Nc1cc(F)ccc1-c1nc(C2CCN(C(=O)OC(C)(C)C)CC2)cs1. The number of hydrogen-bond donors (Lipinski definition) is 1. The number of amides is 2. The van der Waals surface area contributed by atoms with Gasteiger partial charge >= 0.3 is 6.09 Å². The summed E-state index contributed by atoms with van der Waals surface area (Å²) in [6.07, 6.45) is 1.34. The zero-order chi connectivity index (χ0) is 21.2. The van der Waals surface area contributed by atoms with E-state index in [9.17, 15) is 14.0 Å². The van der Waals surface area contributed by atoms with E-state index < -0.39 is 11.4 Å². The molecule has 0 spiro atoms. The summed E-state index contributed by atoms with van der Waals surface area (Å²) in [6.45, 7) is 8.22. The number of likely N-dealkylation sites (tertiary alicyclic amines) is 1. The Bertz CT molecular complexity index is 899. The Kier molecular flexibility index (Phi) is 6.21. The Labute approximate surface area is 174 Å². The predicted octanol–water partition coefficient (Wildman–Crippen LogP) is 5.02. The summed E-state index contributed by atoms with van der Waals surface area (Å²) < 4.78 is 19.0. The van der Waals surface area contributed by atoms with Crippen LogP contribution < -0.4 is 5.32 Å². The Morgan fingerprint density at radius 1 is 1.28 bits per heavy atom. The van der Waals surface area contributed by atoms with E-state index in [1.807, 2.05) is 26.2 Å². The number of ether oxygens (including phenoxy) is 1. The molecule has 0 radical (unpaired) electrons. The van der Waals surface area contributed by atoms with Crippen molar-refractivity contribution in [1.82, 2.24) is 9.88 Å².